The number of nitrogens with zero attached hydrogens (tertiary/aromatic N) is 1. The number of rotatable bonds is 2. The third kappa shape index (κ3) is 1.44. The Bertz CT molecular complexity index is 331. The summed E-state index contributed by atoms with van der Waals surface area (Å²) in [6.07, 6.45) is 3.18. The second kappa shape index (κ2) is 3.01. The van der Waals surface area contributed by atoms with Crippen molar-refractivity contribution < 1.29 is 14.3 Å². The lowest BCUT2D eigenvalue weighted by atomic mass is 10.1. The first-order chi connectivity index (χ1) is 6.27. The Labute approximate surface area is 74.1 Å². The number of aromatic amines is 1. The topological polar surface area (TPSA) is 72.0 Å². The molecule has 0 spiro atoms. The largest absolute Gasteiger partial charge is 0.454 e. The van der Waals surface area contributed by atoms with E-state index in [0.717, 1.165) is 0 Å². The highest BCUT2D eigenvalue weighted by atomic mass is 16.6. The van der Waals surface area contributed by atoms with Gasteiger partial charge in [0.25, 0.3) is 0 Å². The summed E-state index contributed by atoms with van der Waals surface area (Å²) in [5.41, 5.74) is 0. The van der Waals surface area contributed by atoms with Crippen LogP contribution in [0.25, 0.3) is 0 Å². The highest BCUT2D eigenvalue weighted by Crippen LogP contribution is 2.16. The van der Waals surface area contributed by atoms with Crippen LogP contribution in [-0.4, -0.2) is 27.8 Å². The molecule has 1 atom stereocenters. The minimum absolute atomic E-state index is 0.250. The third-order valence-corrected chi connectivity index (χ3v) is 1.91. The van der Waals surface area contributed by atoms with Crippen LogP contribution in [-0.2, 0) is 9.53 Å². The Kier molecular flexibility index (Phi) is 1.84. The highest BCUT2D eigenvalue weighted by molar-refractivity contribution is 5.98. The van der Waals surface area contributed by atoms with E-state index in [-0.39, 0.29) is 17.6 Å². The average molecular weight is 180 g/mol. The van der Waals surface area contributed by atoms with Crippen LogP contribution in [0, 0.1) is 0 Å². The van der Waals surface area contributed by atoms with Crippen molar-refractivity contribution in [3.05, 3.63) is 18.2 Å². The molecular weight excluding hydrogens is 172 g/mol. The maximum absolute atomic E-state index is 11.5. The second-order valence-corrected chi connectivity index (χ2v) is 2.82. The smallest absolute Gasteiger partial charge is 0.306 e. The Morgan fingerprint density at radius 3 is 3.08 bits per heavy atom. The summed E-state index contributed by atoms with van der Waals surface area (Å²) in [7, 11) is 0. The van der Waals surface area contributed by atoms with E-state index in [1.165, 1.54) is 6.20 Å². The number of aromatic nitrogens is 2. The molecule has 0 radical (unpaired) electrons. The minimum Gasteiger partial charge on any atom is -0.454 e. The van der Waals surface area contributed by atoms with Crippen LogP contribution in [0.5, 0.6) is 0 Å². The zero-order valence-corrected chi connectivity index (χ0v) is 6.82. The van der Waals surface area contributed by atoms with E-state index < -0.39 is 6.10 Å². The van der Waals surface area contributed by atoms with E-state index in [4.69, 9.17) is 4.74 Å². The molecule has 0 bridgehead atoms. The fourth-order valence-corrected chi connectivity index (χ4v) is 1.26. The monoisotopic (exact) mass is 180 g/mol. The molecular formula is C8H8N2O3. The number of nitrogens with one attached hydrogen (secondary N) is 1. The zero-order valence-electron chi connectivity index (χ0n) is 6.82. The fraction of sp³-hybridized carbons (Fsp3) is 0.375. The molecule has 1 aromatic heterocycles. The van der Waals surface area contributed by atoms with Gasteiger partial charge in [0.15, 0.2) is 11.9 Å². The highest BCUT2D eigenvalue weighted by Gasteiger charge is 2.31. The number of ether oxygens (including phenoxy) is 1. The van der Waals surface area contributed by atoms with Gasteiger partial charge in [-0.25, -0.2) is 4.98 Å². The Morgan fingerprint density at radius 2 is 2.54 bits per heavy atom. The SMILES string of the molecule is O=C1CC[C@@H](C(=O)c2ncc[nH]2)O1. The number of cyclic esters (lactones) is 1. The number of imidazole rings is 1. The number of esters is 1. The molecule has 0 unspecified atom stereocenters. The molecule has 5 heteroatoms. The molecule has 0 aromatic carbocycles. The quantitative estimate of drug-likeness (QED) is 0.524. The molecule has 1 aliphatic heterocycles. The average Bonchev–Trinajstić information content (AvgIpc) is 2.72. The van der Waals surface area contributed by atoms with Gasteiger partial charge in [-0.1, -0.05) is 0 Å². The molecule has 5 nitrogen and oxygen atoms in total. The van der Waals surface area contributed by atoms with E-state index in [2.05, 4.69) is 9.97 Å². The predicted octanol–water partition coefficient (Wildman–Crippen LogP) is 0.298. The van der Waals surface area contributed by atoms with Gasteiger partial charge in [0.1, 0.15) is 0 Å². The van der Waals surface area contributed by atoms with E-state index >= 15 is 0 Å². The Morgan fingerprint density at radius 1 is 1.69 bits per heavy atom. The van der Waals surface area contributed by atoms with Gasteiger partial charge in [-0.05, 0) is 0 Å². The van der Waals surface area contributed by atoms with Crippen LogP contribution < -0.4 is 0 Å². The molecule has 1 fully saturated rings. The Hall–Kier alpha value is -1.65. The third-order valence-electron chi connectivity index (χ3n) is 1.91. The van der Waals surface area contributed by atoms with Crippen molar-refractivity contribution in [1.29, 1.82) is 0 Å². The molecule has 2 heterocycles. The molecule has 1 aliphatic rings. The number of hydrogen-bond acceptors (Lipinski definition) is 4. The summed E-state index contributed by atoms with van der Waals surface area (Å²) in [6, 6.07) is 0. The van der Waals surface area contributed by atoms with Crippen molar-refractivity contribution in [1.82, 2.24) is 9.97 Å². The second-order valence-electron chi connectivity index (χ2n) is 2.82. The van der Waals surface area contributed by atoms with Crippen molar-refractivity contribution >= 4 is 11.8 Å². The number of Topliss-reactive ketones (excluding diaryl/α,β-unsaturated/α-hetero) is 1. The summed E-state index contributed by atoms with van der Waals surface area (Å²) in [5, 5.41) is 0. The molecule has 1 saturated heterocycles. The molecule has 2 rings (SSSR count). The number of carbonyl (C=O) groups excluding carboxylic acids is 2. The van der Waals surface area contributed by atoms with Crippen molar-refractivity contribution in [2.45, 2.75) is 18.9 Å². The van der Waals surface area contributed by atoms with Crippen LogP contribution in [0.2, 0.25) is 0 Å². The summed E-state index contributed by atoms with van der Waals surface area (Å²) >= 11 is 0. The zero-order chi connectivity index (χ0) is 9.26. The number of ketones is 1. The van der Waals surface area contributed by atoms with Gasteiger partial charge >= 0.3 is 5.97 Å². The molecule has 68 valence electrons. The first-order valence-electron chi connectivity index (χ1n) is 4.00. The van der Waals surface area contributed by atoms with Crippen LogP contribution in [0.1, 0.15) is 23.5 Å². The van der Waals surface area contributed by atoms with E-state index in [0.29, 0.717) is 12.8 Å². The van der Waals surface area contributed by atoms with Crippen molar-refractivity contribution in [3.63, 3.8) is 0 Å². The van der Waals surface area contributed by atoms with Gasteiger partial charge < -0.3 is 9.72 Å². The van der Waals surface area contributed by atoms with Gasteiger partial charge in [-0.15, -0.1) is 0 Å². The van der Waals surface area contributed by atoms with Crippen molar-refractivity contribution in [2.24, 2.45) is 0 Å². The standard InChI is InChI=1S/C8H8N2O3/c11-6-2-1-5(13-6)7(12)8-9-3-4-10-8/h3-5H,1-2H2,(H,9,10)/t5-/m0/s1. The van der Waals surface area contributed by atoms with E-state index in [1.807, 2.05) is 0 Å². The molecule has 1 N–H and O–H groups in total. The molecule has 0 aliphatic carbocycles. The molecule has 0 saturated carbocycles. The molecule has 13 heavy (non-hydrogen) atoms. The van der Waals surface area contributed by atoms with Crippen LogP contribution >= 0.6 is 0 Å². The summed E-state index contributed by atoms with van der Waals surface area (Å²) in [5.74, 6) is -0.319. The van der Waals surface area contributed by atoms with Crippen LogP contribution in [0.3, 0.4) is 0 Å². The lowest BCUT2D eigenvalue weighted by Crippen LogP contribution is -2.21. The van der Waals surface area contributed by atoms with Gasteiger partial charge in [0, 0.05) is 25.2 Å². The lowest BCUT2D eigenvalue weighted by molar-refractivity contribution is -0.140. The normalized spacial score (nSPS) is 21.5. The van der Waals surface area contributed by atoms with Crippen LogP contribution in [0.15, 0.2) is 12.4 Å². The summed E-state index contributed by atoms with van der Waals surface area (Å²) in [6.45, 7) is 0. The molecule has 0 amide bonds. The summed E-state index contributed by atoms with van der Waals surface area (Å²) < 4.78 is 4.80. The van der Waals surface area contributed by atoms with Crippen molar-refractivity contribution in [2.75, 3.05) is 0 Å². The minimum atomic E-state index is -0.640. The first-order valence-corrected chi connectivity index (χ1v) is 4.00. The van der Waals surface area contributed by atoms with Crippen LogP contribution in [0.4, 0.5) is 0 Å². The van der Waals surface area contributed by atoms with Gasteiger partial charge in [0.2, 0.25) is 5.78 Å². The number of carbonyl (C=O) groups is 2. The van der Waals surface area contributed by atoms with Crippen molar-refractivity contribution in [3.8, 4) is 0 Å². The van der Waals surface area contributed by atoms with E-state index in [9.17, 15) is 9.59 Å². The lowest BCUT2D eigenvalue weighted by Gasteiger charge is -2.04. The number of hydrogen-bond donors (Lipinski definition) is 1. The number of H-pyrrole nitrogens is 1. The first kappa shape index (κ1) is 7.97. The van der Waals surface area contributed by atoms with Gasteiger partial charge in [-0.3, -0.25) is 9.59 Å². The Balaban J connectivity index is 2.10. The maximum Gasteiger partial charge on any atom is 0.306 e. The van der Waals surface area contributed by atoms with Gasteiger partial charge in [0.05, 0.1) is 0 Å². The predicted molar refractivity (Wildman–Crippen MR) is 42.0 cm³/mol. The van der Waals surface area contributed by atoms with Gasteiger partial charge in [-0.2, -0.15) is 0 Å². The van der Waals surface area contributed by atoms with E-state index in [1.54, 1.807) is 6.20 Å². The summed E-state index contributed by atoms with van der Waals surface area (Å²) in [4.78, 5) is 28.7. The molecule has 1 aromatic rings. The maximum atomic E-state index is 11.5. The fourth-order valence-electron chi connectivity index (χ4n) is 1.26.